The second-order valence-electron chi connectivity index (χ2n) is 4.19. The van der Waals surface area contributed by atoms with E-state index in [0.29, 0.717) is 11.0 Å². The molecule has 1 aromatic heterocycles. The smallest absolute Gasteiger partial charge is 0.326 e. The van der Waals surface area contributed by atoms with E-state index in [0.717, 1.165) is 0 Å². The number of aromatic nitrogens is 2. The summed E-state index contributed by atoms with van der Waals surface area (Å²) in [6, 6.07) is 3.19. The summed E-state index contributed by atoms with van der Waals surface area (Å²) in [5, 5.41) is 19.7. The Morgan fingerprint density at radius 2 is 1.86 bits per heavy atom. The standard InChI is InChI=1S/C13H11N3O5/c17-10(18)6-9(13(20)21)16-12(19)7-2-1-3-8-11(7)15-5-4-14-8/h1-5,9H,6H2,(H,16,19)(H,17,18)(H,20,21)/t9-/m1/s1. The van der Waals surface area contributed by atoms with Crippen molar-refractivity contribution in [2.75, 3.05) is 0 Å². The van der Waals surface area contributed by atoms with Crippen LogP contribution in [-0.4, -0.2) is 44.1 Å². The molecule has 0 saturated heterocycles. The highest BCUT2D eigenvalue weighted by Crippen LogP contribution is 2.14. The zero-order valence-electron chi connectivity index (χ0n) is 10.7. The minimum absolute atomic E-state index is 0.136. The normalized spacial score (nSPS) is 11.8. The molecule has 108 valence electrons. The summed E-state index contributed by atoms with van der Waals surface area (Å²) in [7, 11) is 0. The zero-order valence-corrected chi connectivity index (χ0v) is 10.7. The van der Waals surface area contributed by atoms with E-state index < -0.39 is 30.3 Å². The number of carbonyl (C=O) groups is 3. The summed E-state index contributed by atoms with van der Waals surface area (Å²) in [5.74, 6) is -3.45. The maximum atomic E-state index is 12.1. The summed E-state index contributed by atoms with van der Waals surface area (Å²) in [5.41, 5.74) is 0.935. The Hall–Kier alpha value is -3.03. The van der Waals surface area contributed by atoms with Gasteiger partial charge in [-0.2, -0.15) is 0 Å². The van der Waals surface area contributed by atoms with Gasteiger partial charge in [0.1, 0.15) is 11.6 Å². The molecule has 0 saturated carbocycles. The highest BCUT2D eigenvalue weighted by Gasteiger charge is 2.24. The first-order valence-electron chi connectivity index (χ1n) is 5.94. The van der Waals surface area contributed by atoms with E-state index in [1.165, 1.54) is 18.5 Å². The second-order valence-corrected chi connectivity index (χ2v) is 4.19. The van der Waals surface area contributed by atoms with Crippen molar-refractivity contribution in [1.82, 2.24) is 15.3 Å². The van der Waals surface area contributed by atoms with Crippen LogP contribution in [0.25, 0.3) is 11.0 Å². The fourth-order valence-electron chi connectivity index (χ4n) is 1.79. The molecular formula is C13H11N3O5. The Morgan fingerprint density at radius 1 is 1.14 bits per heavy atom. The molecule has 8 heteroatoms. The summed E-state index contributed by atoms with van der Waals surface area (Å²) >= 11 is 0. The van der Waals surface area contributed by atoms with Crippen molar-refractivity contribution in [3.63, 3.8) is 0 Å². The van der Waals surface area contributed by atoms with E-state index in [1.54, 1.807) is 12.1 Å². The largest absolute Gasteiger partial charge is 0.481 e. The number of hydrogen-bond acceptors (Lipinski definition) is 5. The number of carbonyl (C=O) groups excluding carboxylic acids is 1. The van der Waals surface area contributed by atoms with Crippen molar-refractivity contribution in [3.05, 3.63) is 36.2 Å². The quantitative estimate of drug-likeness (QED) is 0.721. The molecule has 0 radical (unpaired) electrons. The number of nitrogens with one attached hydrogen (secondary N) is 1. The number of fused-ring (bicyclic) bond motifs is 1. The molecule has 1 aromatic carbocycles. The molecule has 3 N–H and O–H groups in total. The van der Waals surface area contributed by atoms with Gasteiger partial charge in [-0.25, -0.2) is 4.79 Å². The van der Waals surface area contributed by atoms with Gasteiger partial charge in [0, 0.05) is 12.4 Å². The maximum Gasteiger partial charge on any atom is 0.326 e. The third-order valence-electron chi connectivity index (χ3n) is 2.73. The molecule has 0 aliphatic heterocycles. The summed E-state index contributed by atoms with van der Waals surface area (Å²) in [6.45, 7) is 0. The molecule has 0 spiro atoms. The molecule has 1 amide bonds. The summed E-state index contributed by atoms with van der Waals surface area (Å²) < 4.78 is 0. The minimum Gasteiger partial charge on any atom is -0.481 e. The molecular weight excluding hydrogens is 278 g/mol. The Balaban J connectivity index is 2.29. The van der Waals surface area contributed by atoms with Crippen molar-refractivity contribution in [3.8, 4) is 0 Å². The Kier molecular flexibility index (Phi) is 4.07. The molecule has 0 bridgehead atoms. The van der Waals surface area contributed by atoms with E-state index in [9.17, 15) is 14.4 Å². The van der Waals surface area contributed by atoms with Crippen LogP contribution in [-0.2, 0) is 9.59 Å². The van der Waals surface area contributed by atoms with E-state index in [1.807, 2.05) is 0 Å². The van der Waals surface area contributed by atoms with Gasteiger partial charge in [-0.15, -0.1) is 0 Å². The minimum atomic E-state index is -1.51. The molecule has 21 heavy (non-hydrogen) atoms. The number of hydrogen-bond donors (Lipinski definition) is 3. The van der Waals surface area contributed by atoms with E-state index in [-0.39, 0.29) is 5.56 Å². The Bertz CT molecular complexity index is 711. The predicted octanol–water partition coefficient (Wildman–Crippen LogP) is 0.287. The first-order chi connectivity index (χ1) is 9.99. The Morgan fingerprint density at radius 3 is 2.52 bits per heavy atom. The van der Waals surface area contributed by atoms with Crippen molar-refractivity contribution < 1.29 is 24.6 Å². The number of amides is 1. The first-order valence-corrected chi connectivity index (χ1v) is 5.94. The van der Waals surface area contributed by atoms with Crippen LogP contribution >= 0.6 is 0 Å². The molecule has 1 heterocycles. The van der Waals surface area contributed by atoms with Crippen LogP contribution in [0, 0.1) is 0 Å². The molecule has 2 aromatic rings. The van der Waals surface area contributed by atoms with Crippen LogP contribution in [0.4, 0.5) is 0 Å². The molecule has 1 atom stereocenters. The van der Waals surface area contributed by atoms with Crippen LogP contribution in [0.3, 0.4) is 0 Å². The second kappa shape index (κ2) is 5.95. The van der Waals surface area contributed by atoms with Gasteiger partial charge >= 0.3 is 11.9 Å². The summed E-state index contributed by atoms with van der Waals surface area (Å²) in [4.78, 5) is 41.7. The molecule has 8 nitrogen and oxygen atoms in total. The van der Waals surface area contributed by atoms with Crippen LogP contribution in [0.1, 0.15) is 16.8 Å². The lowest BCUT2D eigenvalue weighted by Gasteiger charge is -2.13. The van der Waals surface area contributed by atoms with E-state index in [2.05, 4.69) is 15.3 Å². The van der Waals surface area contributed by atoms with E-state index >= 15 is 0 Å². The van der Waals surface area contributed by atoms with Gasteiger partial charge < -0.3 is 15.5 Å². The predicted molar refractivity (Wildman–Crippen MR) is 70.7 cm³/mol. The Labute approximate surface area is 118 Å². The third-order valence-corrected chi connectivity index (χ3v) is 2.73. The van der Waals surface area contributed by atoms with Gasteiger partial charge in [-0.3, -0.25) is 19.6 Å². The van der Waals surface area contributed by atoms with Gasteiger partial charge in [0.05, 0.1) is 17.5 Å². The van der Waals surface area contributed by atoms with Crippen molar-refractivity contribution >= 4 is 28.9 Å². The van der Waals surface area contributed by atoms with Crippen molar-refractivity contribution in [2.24, 2.45) is 0 Å². The van der Waals surface area contributed by atoms with Gasteiger partial charge in [-0.1, -0.05) is 6.07 Å². The number of carboxylic acid groups (broad SMARTS) is 2. The van der Waals surface area contributed by atoms with Crippen molar-refractivity contribution in [2.45, 2.75) is 12.5 Å². The monoisotopic (exact) mass is 289 g/mol. The topological polar surface area (TPSA) is 129 Å². The lowest BCUT2D eigenvalue weighted by molar-refractivity contribution is -0.145. The number of rotatable bonds is 5. The van der Waals surface area contributed by atoms with Crippen LogP contribution in [0.5, 0.6) is 0 Å². The van der Waals surface area contributed by atoms with Crippen LogP contribution < -0.4 is 5.32 Å². The van der Waals surface area contributed by atoms with Gasteiger partial charge in [0.25, 0.3) is 5.91 Å². The lowest BCUT2D eigenvalue weighted by Crippen LogP contribution is -2.42. The van der Waals surface area contributed by atoms with Gasteiger partial charge in [0.15, 0.2) is 0 Å². The van der Waals surface area contributed by atoms with E-state index in [4.69, 9.17) is 10.2 Å². The molecule has 0 aliphatic carbocycles. The highest BCUT2D eigenvalue weighted by molar-refractivity contribution is 6.05. The van der Waals surface area contributed by atoms with Gasteiger partial charge in [-0.05, 0) is 12.1 Å². The average molecular weight is 289 g/mol. The first kappa shape index (κ1) is 14.4. The number of benzene rings is 1. The maximum absolute atomic E-state index is 12.1. The molecule has 2 rings (SSSR count). The number of nitrogens with zero attached hydrogens (tertiary/aromatic N) is 2. The zero-order chi connectivity index (χ0) is 15.4. The van der Waals surface area contributed by atoms with Crippen molar-refractivity contribution in [1.29, 1.82) is 0 Å². The average Bonchev–Trinajstić information content (AvgIpc) is 2.45. The fourth-order valence-corrected chi connectivity index (χ4v) is 1.79. The lowest BCUT2D eigenvalue weighted by atomic mass is 10.1. The molecule has 0 unspecified atom stereocenters. The van der Waals surface area contributed by atoms with Crippen LogP contribution in [0.2, 0.25) is 0 Å². The third kappa shape index (κ3) is 3.30. The molecule has 0 aliphatic rings. The number of carboxylic acids is 2. The SMILES string of the molecule is O=C(O)C[C@@H](NC(=O)c1cccc2nccnc12)C(=O)O. The summed E-state index contributed by atoms with van der Waals surface area (Å²) in [6.07, 6.45) is 2.16. The van der Waals surface area contributed by atoms with Gasteiger partial charge in [0.2, 0.25) is 0 Å². The number of para-hydroxylation sites is 1. The number of aliphatic carboxylic acids is 2. The van der Waals surface area contributed by atoms with Crippen LogP contribution in [0.15, 0.2) is 30.6 Å². The highest BCUT2D eigenvalue weighted by atomic mass is 16.4. The molecule has 0 fully saturated rings. The fraction of sp³-hybridized carbons (Fsp3) is 0.154.